The molecule has 1 aliphatic heterocycles. The van der Waals surface area contributed by atoms with Crippen molar-refractivity contribution in [2.45, 2.75) is 65.7 Å². The van der Waals surface area contributed by atoms with Crippen LogP contribution in [0, 0.1) is 5.41 Å². The summed E-state index contributed by atoms with van der Waals surface area (Å²) >= 11 is 0. The Morgan fingerprint density at radius 2 is 1.71 bits per heavy atom. The Morgan fingerprint density at radius 3 is 2.42 bits per heavy atom. The number of rotatable bonds is 7. The molecule has 1 aliphatic rings. The Kier molecular flexibility index (Phi) is 6.19. The average molecular weight is 418 g/mol. The van der Waals surface area contributed by atoms with E-state index in [1.807, 2.05) is 0 Å². The van der Waals surface area contributed by atoms with Gasteiger partial charge in [-0.25, -0.2) is 0 Å². The molecule has 3 aromatic rings. The highest BCUT2D eigenvalue weighted by Gasteiger charge is 2.43. The van der Waals surface area contributed by atoms with E-state index < -0.39 is 0 Å². The summed E-state index contributed by atoms with van der Waals surface area (Å²) in [6.45, 7) is 10.5. The van der Waals surface area contributed by atoms with Crippen molar-refractivity contribution < 1.29 is 4.79 Å². The Morgan fingerprint density at radius 1 is 1.00 bits per heavy atom. The van der Waals surface area contributed by atoms with Crippen molar-refractivity contribution >= 4 is 16.8 Å². The SMILES string of the molecule is CCCCN1C(=O)[C@@H](Cc2cn(Cc3ccccc3)c3ccccc23)N[C@@H]1C(C)(C)C. The normalized spacial score (nSPS) is 19.5. The van der Waals surface area contributed by atoms with Crippen LogP contribution in [0.25, 0.3) is 10.9 Å². The third kappa shape index (κ3) is 4.54. The summed E-state index contributed by atoms with van der Waals surface area (Å²) in [5.74, 6) is 0.244. The van der Waals surface area contributed by atoms with E-state index in [4.69, 9.17) is 0 Å². The molecule has 0 unspecified atom stereocenters. The predicted molar refractivity (Wildman–Crippen MR) is 128 cm³/mol. The van der Waals surface area contributed by atoms with Crippen LogP contribution in [0.3, 0.4) is 0 Å². The molecule has 1 aromatic heterocycles. The summed E-state index contributed by atoms with van der Waals surface area (Å²) in [5, 5.41) is 4.92. The molecule has 0 radical (unpaired) electrons. The molecule has 2 atom stereocenters. The van der Waals surface area contributed by atoms with Gasteiger partial charge in [0.15, 0.2) is 0 Å². The first kappa shape index (κ1) is 21.6. The number of fused-ring (bicyclic) bond motifs is 1. The monoisotopic (exact) mass is 417 g/mol. The van der Waals surface area contributed by atoms with Gasteiger partial charge in [0.2, 0.25) is 5.91 Å². The van der Waals surface area contributed by atoms with Crippen molar-refractivity contribution in [3.8, 4) is 0 Å². The minimum absolute atomic E-state index is 0.000535. The number of unbranched alkanes of at least 4 members (excludes halogenated alkanes) is 1. The highest BCUT2D eigenvalue weighted by Crippen LogP contribution is 2.30. The molecule has 4 rings (SSSR count). The number of carbonyl (C=O) groups excluding carboxylic acids is 1. The van der Waals surface area contributed by atoms with Crippen LogP contribution in [0.2, 0.25) is 0 Å². The van der Waals surface area contributed by atoms with E-state index in [1.165, 1.54) is 22.0 Å². The van der Waals surface area contributed by atoms with Crippen molar-refractivity contribution in [3.63, 3.8) is 0 Å². The number of benzene rings is 2. The van der Waals surface area contributed by atoms with E-state index in [0.29, 0.717) is 0 Å². The summed E-state index contributed by atoms with van der Waals surface area (Å²) in [6, 6.07) is 18.9. The lowest BCUT2D eigenvalue weighted by molar-refractivity contribution is -0.131. The first-order valence-corrected chi connectivity index (χ1v) is 11.6. The van der Waals surface area contributed by atoms with Gasteiger partial charge in [-0.2, -0.15) is 0 Å². The predicted octanol–water partition coefficient (Wildman–Crippen LogP) is 5.20. The Labute approximate surface area is 186 Å². The maximum absolute atomic E-state index is 13.4. The second-order valence-corrected chi connectivity index (χ2v) is 9.86. The molecule has 1 amide bonds. The number of amides is 1. The zero-order valence-electron chi connectivity index (χ0n) is 19.3. The molecule has 4 nitrogen and oxygen atoms in total. The molecule has 1 fully saturated rings. The molecule has 2 heterocycles. The molecule has 0 saturated carbocycles. The molecule has 31 heavy (non-hydrogen) atoms. The van der Waals surface area contributed by atoms with Crippen LogP contribution in [0.4, 0.5) is 0 Å². The minimum atomic E-state index is -0.169. The van der Waals surface area contributed by atoms with Crippen molar-refractivity contribution in [1.29, 1.82) is 0 Å². The number of hydrogen-bond donors (Lipinski definition) is 1. The van der Waals surface area contributed by atoms with Crippen LogP contribution in [-0.2, 0) is 17.8 Å². The summed E-state index contributed by atoms with van der Waals surface area (Å²) in [4.78, 5) is 15.4. The standard InChI is InChI=1S/C27H35N3O/c1-5-6-16-30-25(31)23(28-26(30)27(2,3)4)17-21-19-29(18-20-12-8-7-9-13-20)24-15-11-10-14-22(21)24/h7-15,19,23,26,28H,5-6,16-18H2,1-4H3/t23-,26+/m1/s1. The Bertz CT molecular complexity index is 1030. The summed E-state index contributed by atoms with van der Waals surface area (Å²) < 4.78 is 2.32. The molecule has 0 aliphatic carbocycles. The van der Waals surface area contributed by atoms with Gasteiger partial charge >= 0.3 is 0 Å². The van der Waals surface area contributed by atoms with Crippen LogP contribution < -0.4 is 5.32 Å². The summed E-state index contributed by atoms with van der Waals surface area (Å²) in [6.07, 6.45) is 5.18. The zero-order valence-corrected chi connectivity index (χ0v) is 19.3. The molecular formula is C27H35N3O. The molecule has 2 aromatic carbocycles. The molecule has 1 N–H and O–H groups in total. The maximum Gasteiger partial charge on any atom is 0.241 e. The summed E-state index contributed by atoms with van der Waals surface area (Å²) in [7, 11) is 0. The van der Waals surface area contributed by atoms with Crippen LogP contribution in [0.1, 0.15) is 51.7 Å². The fourth-order valence-electron chi connectivity index (χ4n) is 4.73. The molecule has 1 saturated heterocycles. The van der Waals surface area contributed by atoms with Gasteiger partial charge in [-0.15, -0.1) is 0 Å². The van der Waals surface area contributed by atoms with Crippen molar-refractivity contribution in [3.05, 3.63) is 71.9 Å². The first-order chi connectivity index (χ1) is 14.9. The van der Waals surface area contributed by atoms with E-state index in [9.17, 15) is 4.79 Å². The fourth-order valence-corrected chi connectivity index (χ4v) is 4.73. The Balaban J connectivity index is 1.61. The zero-order chi connectivity index (χ0) is 22.0. The van der Waals surface area contributed by atoms with Gasteiger partial charge in [-0.1, -0.05) is 82.6 Å². The smallest absolute Gasteiger partial charge is 0.241 e. The lowest BCUT2D eigenvalue weighted by Crippen LogP contribution is -2.47. The Hall–Kier alpha value is -2.59. The topological polar surface area (TPSA) is 37.3 Å². The fraction of sp³-hybridized carbons (Fsp3) is 0.444. The van der Waals surface area contributed by atoms with Gasteiger partial charge in [0, 0.05) is 30.2 Å². The van der Waals surface area contributed by atoms with Gasteiger partial charge in [-0.3, -0.25) is 10.1 Å². The maximum atomic E-state index is 13.4. The molecule has 0 bridgehead atoms. The third-order valence-electron chi connectivity index (χ3n) is 6.32. The minimum Gasteiger partial charge on any atom is -0.343 e. The van der Waals surface area contributed by atoms with Crippen LogP contribution in [0.5, 0.6) is 0 Å². The number of aromatic nitrogens is 1. The highest BCUT2D eigenvalue weighted by molar-refractivity contribution is 5.88. The number of carbonyl (C=O) groups is 1. The van der Waals surface area contributed by atoms with Crippen molar-refractivity contribution in [2.75, 3.05) is 6.54 Å². The van der Waals surface area contributed by atoms with E-state index in [2.05, 4.69) is 103 Å². The van der Waals surface area contributed by atoms with Crippen LogP contribution in [-0.4, -0.2) is 34.1 Å². The van der Waals surface area contributed by atoms with Gasteiger partial charge < -0.3 is 9.47 Å². The van der Waals surface area contributed by atoms with Gasteiger partial charge in [0.05, 0.1) is 12.2 Å². The van der Waals surface area contributed by atoms with Crippen molar-refractivity contribution in [1.82, 2.24) is 14.8 Å². The second kappa shape index (κ2) is 8.88. The van der Waals surface area contributed by atoms with E-state index in [0.717, 1.165) is 32.4 Å². The third-order valence-corrected chi connectivity index (χ3v) is 6.32. The van der Waals surface area contributed by atoms with Gasteiger partial charge in [0.25, 0.3) is 0 Å². The number of hydrogen-bond acceptors (Lipinski definition) is 2. The lowest BCUT2D eigenvalue weighted by Gasteiger charge is -2.34. The highest BCUT2D eigenvalue weighted by atomic mass is 16.2. The largest absolute Gasteiger partial charge is 0.343 e. The molecular weight excluding hydrogens is 382 g/mol. The van der Waals surface area contributed by atoms with E-state index in [-0.39, 0.29) is 23.5 Å². The van der Waals surface area contributed by atoms with E-state index >= 15 is 0 Å². The molecule has 0 spiro atoms. The number of nitrogens with one attached hydrogen (secondary N) is 1. The van der Waals surface area contributed by atoms with Crippen molar-refractivity contribution in [2.24, 2.45) is 5.41 Å². The quantitative estimate of drug-likeness (QED) is 0.573. The lowest BCUT2D eigenvalue weighted by atomic mass is 9.91. The van der Waals surface area contributed by atoms with Gasteiger partial charge in [0.1, 0.15) is 0 Å². The first-order valence-electron chi connectivity index (χ1n) is 11.6. The molecule has 4 heteroatoms. The van der Waals surface area contributed by atoms with Crippen LogP contribution in [0.15, 0.2) is 60.8 Å². The molecule has 164 valence electrons. The number of para-hydroxylation sites is 1. The number of nitrogens with zero attached hydrogens (tertiary/aromatic N) is 2. The van der Waals surface area contributed by atoms with E-state index in [1.54, 1.807) is 0 Å². The van der Waals surface area contributed by atoms with Crippen LogP contribution >= 0.6 is 0 Å². The second-order valence-electron chi connectivity index (χ2n) is 9.86. The summed E-state index contributed by atoms with van der Waals surface area (Å²) in [5.41, 5.74) is 3.74. The average Bonchev–Trinajstić information content (AvgIpc) is 3.25. The van der Waals surface area contributed by atoms with Gasteiger partial charge in [-0.05, 0) is 35.4 Å².